The quantitative estimate of drug-likeness (QED) is 0.0825. The molecule has 0 saturated carbocycles. The van der Waals surface area contributed by atoms with Crippen LogP contribution in [0.5, 0.6) is 23.5 Å². The van der Waals surface area contributed by atoms with Gasteiger partial charge in [0.25, 0.3) is 0 Å². The predicted octanol–water partition coefficient (Wildman–Crippen LogP) is 19.4. The summed E-state index contributed by atoms with van der Waals surface area (Å²) in [6.45, 7) is 9.82. The Balaban J connectivity index is 0.000000140. The van der Waals surface area contributed by atoms with Crippen LogP contribution in [0, 0.1) is 11.8 Å². The summed E-state index contributed by atoms with van der Waals surface area (Å²) >= 11 is 18.1. The monoisotopic (exact) mass is 1220 g/mol. The number of ether oxygens (including phenoxy) is 2. The zero-order valence-electron chi connectivity index (χ0n) is 49.2. The molecule has 0 fully saturated rings. The van der Waals surface area contributed by atoms with Gasteiger partial charge in [0.2, 0.25) is 15.9 Å². The second-order valence-electron chi connectivity index (χ2n) is 21.5. The molecule has 0 bridgehead atoms. The molecule has 0 aliphatic heterocycles. The van der Waals surface area contributed by atoms with Crippen LogP contribution in [-0.2, 0) is 0 Å². The largest absolute Gasteiger partial charge is 0.508 e. The van der Waals surface area contributed by atoms with E-state index in [1.165, 1.54) is 35.7 Å². The number of rotatable bonds is 17. The van der Waals surface area contributed by atoms with Crippen LogP contribution in [0.25, 0.3) is 110 Å². The Labute approximate surface area is 525 Å². The van der Waals surface area contributed by atoms with Crippen molar-refractivity contribution < 1.29 is 19.7 Å². The summed E-state index contributed by atoms with van der Waals surface area (Å²) in [4.78, 5) is 39.5. The fraction of sp³-hybridized carbons (Fsp3) is 0.208. The van der Waals surface area contributed by atoms with Gasteiger partial charge >= 0.3 is 12.0 Å². The van der Waals surface area contributed by atoms with E-state index in [-0.39, 0.29) is 45.2 Å². The summed E-state index contributed by atoms with van der Waals surface area (Å²) < 4.78 is 12.1. The topological polar surface area (TPSA) is 175 Å². The summed E-state index contributed by atoms with van der Waals surface area (Å²) in [5, 5.41) is 34.1. The third kappa shape index (κ3) is 13.8. The van der Waals surface area contributed by atoms with Crippen molar-refractivity contribution in [1.82, 2.24) is 44.9 Å². The summed E-state index contributed by atoms with van der Waals surface area (Å²) in [5.74, 6) is 2.52. The molecule has 2 atom stereocenters. The zero-order chi connectivity index (χ0) is 61.1. The molecule has 0 spiro atoms. The maximum absolute atomic E-state index is 10.5. The highest BCUT2D eigenvalue weighted by molar-refractivity contribution is 6.31. The molecular weight excluding hydrogens is 1160 g/mol. The van der Waals surface area contributed by atoms with Crippen molar-refractivity contribution in [2.24, 2.45) is 11.8 Å². The third-order valence-electron chi connectivity index (χ3n) is 15.7. The number of aromatic nitrogens is 9. The molecule has 0 aliphatic rings. The molecule has 16 heteroatoms. The van der Waals surface area contributed by atoms with E-state index in [0.717, 1.165) is 103 Å². The van der Waals surface area contributed by atoms with E-state index in [1.807, 2.05) is 66.7 Å². The molecule has 0 saturated heterocycles. The minimum absolute atomic E-state index is 0.0344. The lowest BCUT2D eigenvalue weighted by molar-refractivity contribution is 0.217. The van der Waals surface area contributed by atoms with E-state index in [2.05, 4.69) is 160 Å². The van der Waals surface area contributed by atoms with Crippen LogP contribution < -0.4 is 9.47 Å². The van der Waals surface area contributed by atoms with Gasteiger partial charge in [0.05, 0.1) is 18.8 Å². The molecule has 13 aromatic rings. The minimum atomic E-state index is -0.112. The van der Waals surface area contributed by atoms with Gasteiger partial charge in [-0.1, -0.05) is 205 Å². The van der Waals surface area contributed by atoms with E-state index < -0.39 is 0 Å². The zero-order valence-corrected chi connectivity index (χ0v) is 51.5. The van der Waals surface area contributed by atoms with Gasteiger partial charge < -0.3 is 19.7 Å². The number of benzene rings is 10. The van der Waals surface area contributed by atoms with Crippen LogP contribution in [0.1, 0.15) is 72.6 Å². The molecule has 13 rings (SSSR count). The van der Waals surface area contributed by atoms with Gasteiger partial charge in [-0.2, -0.15) is 39.9 Å². The van der Waals surface area contributed by atoms with Gasteiger partial charge in [0.15, 0.2) is 23.3 Å². The number of aromatic hydroxyl groups is 2. The lowest BCUT2D eigenvalue weighted by atomic mass is 9.97. The van der Waals surface area contributed by atoms with E-state index in [1.54, 1.807) is 6.07 Å². The van der Waals surface area contributed by atoms with E-state index in [4.69, 9.17) is 54.2 Å². The number of unbranched alkanes of at least 4 members (excludes halogenated alkanes) is 1. The highest BCUT2D eigenvalue weighted by Crippen LogP contribution is 2.39. The number of halogens is 3. The molecule has 3 heterocycles. The molecule has 0 radical (unpaired) electrons. The second-order valence-corrected chi connectivity index (χ2v) is 22.6. The van der Waals surface area contributed by atoms with Crippen LogP contribution in [0.15, 0.2) is 182 Å². The van der Waals surface area contributed by atoms with Crippen molar-refractivity contribution in [1.29, 1.82) is 0 Å². The van der Waals surface area contributed by atoms with Gasteiger partial charge in [0, 0.05) is 22.8 Å². The Morgan fingerprint density at radius 3 is 1.14 bits per heavy atom. The molecule has 13 nitrogen and oxygen atoms in total. The van der Waals surface area contributed by atoms with Gasteiger partial charge in [0.1, 0.15) is 11.5 Å². The number of fused-ring (bicyclic) bond motifs is 9. The van der Waals surface area contributed by atoms with Crippen LogP contribution in [0.4, 0.5) is 0 Å². The van der Waals surface area contributed by atoms with E-state index >= 15 is 0 Å². The molecular formula is C72H64Cl3N9O4. The molecule has 10 aromatic carbocycles. The normalized spacial score (nSPS) is 12.0. The summed E-state index contributed by atoms with van der Waals surface area (Å²) in [7, 11) is 0. The SMILES string of the molecule is CCCC(CC)COc1nc(-c2ccc(O)cc2O)nc(-c2cc3ccccc3c3ccccc23)n1.CCCCC(CC)COc1nc(Cl)nc(-c2cc3ccccc3c3ccccc23)n1.Clc1nc(Cl)nc(-c2cc3ccccc3c3ccccc23)n1. The molecule has 0 amide bonds. The van der Waals surface area contributed by atoms with Crippen LogP contribution in [0.3, 0.4) is 0 Å². The van der Waals surface area contributed by atoms with Crippen molar-refractivity contribution in [3.05, 3.63) is 198 Å². The van der Waals surface area contributed by atoms with Gasteiger partial charge in [-0.15, -0.1) is 0 Å². The van der Waals surface area contributed by atoms with Gasteiger partial charge in [-0.05, 0) is 154 Å². The van der Waals surface area contributed by atoms with E-state index in [0.29, 0.717) is 48.1 Å². The average molecular weight is 1230 g/mol. The lowest BCUT2D eigenvalue weighted by Gasteiger charge is -2.16. The highest BCUT2D eigenvalue weighted by atomic mass is 35.5. The van der Waals surface area contributed by atoms with Gasteiger partial charge in [-0.25, -0.2) is 4.98 Å². The first kappa shape index (κ1) is 60.5. The highest BCUT2D eigenvalue weighted by Gasteiger charge is 2.20. The molecule has 2 N–H and O–H groups in total. The number of hydrogen-bond acceptors (Lipinski definition) is 13. The average Bonchev–Trinajstić information content (AvgIpc) is 1.24. The molecule has 0 aliphatic carbocycles. The van der Waals surface area contributed by atoms with Crippen molar-refractivity contribution in [3.8, 4) is 69.1 Å². The Bertz CT molecular complexity index is 4610. The number of nitrogens with zero attached hydrogens (tertiary/aromatic N) is 9. The number of phenolic OH excluding ortho intramolecular Hbond substituents is 2. The summed E-state index contributed by atoms with van der Waals surface area (Å²) in [5.41, 5.74) is 3.07. The summed E-state index contributed by atoms with van der Waals surface area (Å²) in [6.07, 6.45) is 7.76. The Hall–Kier alpha value is -9.14. The lowest BCUT2D eigenvalue weighted by Crippen LogP contribution is -2.13. The van der Waals surface area contributed by atoms with Crippen molar-refractivity contribution in [2.45, 2.75) is 72.6 Å². The molecule has 2 unspecified atom stereocenters. The molecule has 442 valence electrons. The smallest absolute Gasteiger partial charge is 0.321 e. The first-order valence-electron chi connectivity index (χ1n) is 29.7. The van der Waals surface area contributed by atoms with Crippen LogP contribution >= 0.6 is 34.8 Å². The first-order valence-corrected chi connectivity index (χ1v) is 30.9. The van der Waals surface area contributed by atoms with Crippen molar-refractivity contribution >= 4 is 99.4 Å². The molecule has 88 heavy (non-hydrogen) atoms. The van der Waals surface area contributed by atoms with Crippen molar-refractivity contribution in [3.63, 3.8) is 0 Å². The van der Waals surface area contributed by atoms with Crippen molar-refractivity contribution in [2.75, 3.05) is 13.2 Å². The van der Waals surface area contributed by atoms with Crippen LogP contribution in [0.2, 0.25) is 15.9 Å². The van der Waals surface area contributed by atoms with Crippen LogP contribution in [-0.4, -0.2) is 68.3 Å². The Morgan fingerprint density at radius 1 is 0.352 bits per heavy atom. The summed E-state index contributed by atoms with van der Waals surface area (Å²) in [6, 6.07) is 60.6. The number of hydrogen-bond donors (Lipinski definition) is 2. The second kappa shape index (κ2) is 28.1. The maximum atomic E-state index is 10.5. The van der Waals surface area contributed by atoms with E-state index in [9.17, 15) is 10.2 Å². The first-order chi connectivity index (χ1) is 43.0. The predicted molar refractivity (Wildman–Crippen MR) is 358 cm³/mol. The maximum Gasteiger partial charge on any atom is 0.321 e. The molecule has 3 aromatic heterocycles. The Morgan fingerprint density at radius 2 is 0.716 bits per heavy atom. The third-order valence-corrected chi connectivity index (χ3v) is 16.3. The van der Waals surface area contributed by atoms with Gasteiger partial charge in [-0.3, -0.25) is 0 Å². The Kier molecular flexibility index (Phi) is 19.4. The minimum Gasteiger partial charge on any atom is -0.508 e. The fourth-order valence-corrected chi connectivity index (χ4v) is 11.7. The fourth-order valence-electron chi connectivity index (χ4n) is 11.1. The standard InChI is InChI=1S/C30H29N3O3.C25H26ClN3O.C17H9Cl2N3/c1-3-9-19(4-2)18-36-30-32-28(25-15-14-21(34)17-27(25)35)31-29(33-30)26-16-20-10-5-6-11-22(20)23-12-7-8-13-24(23)26;1-3-5-10-17(4-2)16-30-25-28-23(27-24(26)29-25)22-15-18-11-6-7-12-19(18)20-13-8-9-14-21(20)22;18-16-20-15(21-17(19)22-16)14-9-10-5-1-2-6-11(10)12-7-3-4-8-13(12)14/h5-8,10-17,19,34-35H,3-4,9,18H2,1-2H3;6-9,11-15,17H,3-5,10,16H2,1-2H3;1-9H. The number of phenols is 2.